The predicted octanol–water partition coefficient (Wildman–Crippen LogP) is 1.07. The lowest BCUT2D eigenvalue weighted by molar-refractivity contribution is 0.0200. The molecular weight excluding hydrogens is 291 g/mol. The van der Waals surface area contributed by atoms with E-state index < -0.39 is 5.60 Å². The van der Waals surface area contributed by atoms with Crippen molar-refractivity contribution in [1.82, 2.24) is 10.2 Å². The van der Waals surface area contributed by atoms with Crippen LogP contribution < -0.4 is 10.8 Å². The van der Waals surface area contributed by atoms with Crippen molar-refractivity contribution in [2.24, 2.45) is 0 Å². The molecule has 1 N–H and O–H groups in total. The third kappa shape index (κ3) is 5.01. The fraction of sp³-hybridized carbons (Fsp3) is 0.529. The normalized spacial score (nSPS) is 16.0. The molecule has 1 heterocycles. The fourth-order valence-corrected chi connectivity index (χ4v) is 2.62. The molecular formula is C17H25BN2O3. The van der Waals surface area contributed by atoms with Crippen molar-refractivity contribution in [1.29, 1.82) is 0 Å². The predicted molar refractivity (Wildman–Crippen MR) is 92.9 cm³/mol. The summed E-state index contributed by atoms with van der Waals surface area (Å²) in [5.41, 5.74) is 1.20. The third-order valence-electron chi connectivity index (χ3n) is 3.87. The van der Waals surface area contributed by atoms with Gasteiger partial charge in [-0.25, -0.2) is 4.79 Å². The summed E-state index contributed by atoms with van der Waals surface area (Å²) in [5, 5.41) is 3.07. The van der Waals surface area contributed by atoms with E-state index in [1.807, 2.05) is 52.9 Å². The molecule has 0 aliphatic carbocycles. The minimum Gasteiger partial charge on any atom is -0.444 e. The van der Waals surface area contributed by atoms with Crippen LogP contribution in [0.2, 0.25) is 0 Å². The standard InChI is InChI=1S/C17H25BN2O3/c1-17(2,3)23-16(22)20-10-8-12(9-11-20)19-15(21)13-6-4-5-7-14(13)18/h4-7,12H,8-11,18H2,1-3H3,(H,19,21). The summed E-state index contributed by atoms with van der Waals surface area (Å²) in [7, 11) is 1.93. The molecule has 23 heavy (non-hydrogen) atoms. The van der Waals surface area contributed by atoms with Gasteiger partial charge in [0.05, 0.1) is 0 Å². The van der Waals surface area contributed by atoms with Crippen molar-refractivity contribution in [3.05, 3.63) is 29.8 Å². The highest BCUT2D eigenvalue weighted by atomic mass is 16.6. The van der Waals surface area contributed by atoms with E-state index in [2.05, 4.69) is 5.32 Å². The van der Waals surface area contributed by atoms with E-state index in [1.54, 1.807) is 4.90 Å². The van der Waals surface area contributed by atoms with E-state index in [0.717, 1.165) is 18.3 Å². The highest BCUT2D eigenvalue weighted by Gasteiger charge is 2.27. The number of nitrogens with zero attached hydrogens (tertiary/aromatic N) is 1. The van der Waals surface area contributed by atoms with Crippen molar-refractivity contribution >= 4 is 25.3 Å². The molecule has 6 heteroatoms. The summed E-state index contributed by atoms with van der Waals surface area (Å²) in [6, 6.07) is 7.65. The Morgan fingerprint density at radius 3 is 2.39 bits per heavy atom. The minimum atomic E-state index is -0.479. The van der Waals surface area contributed by atoms with Gasteiger partial charge in [-0.1, -0.05) is 29.7 Å². The second-order valence-corrected chi connectivity index (χ2v) is 7.03. The van der Waals surface area contributed by atoms with Gasteiger partial charge in [-0.2, -0.15) is 0 Å². The number of piperidine rings is 1. The van der Waals surface area contributed by atoms with Crippen LogP contribution in [0.1, 0.15) is 44.0 Å². The van der Waals surface area contributed by atoms with Crippen LogP contribution in [0.3, 0.4) is 0 Å². The van der Waals surface area contributed by atoms with Crippen LogP contribution in [0.25, 0.3) is 0 Å². The van der Waals surface area contributed by atoms with Gasteiger partial charge in [0, 0.05) is 24.7 Å². The van der Waals surface area contributed by atoms with Crippen LogP contribution in [-0.4, -0.2) is 49.5 Å². The van der Waals surface area contributed by atoms with Crippen molar-refractivity contribution in [3.8, 4) is 0 Å². The molecule has 1 fully saturated rings. The Hall–Kier alpha value is -1.98. The summed E-state index contributed by atoms with van der Waals surface area (Å²) >= 11 is 0. The Morgan fingerprint density at radius 1 is 1.22 bits per heavy atom. The van der Waals surface area contributed by atoms with Gasteiger partial charge in [0.25, 0.3) is 5.91 Å². The van der Waals surface area contributed by atoms with Gasteiger partial charge in [0.2, 0.25) is 0 Å². The molecule has 2 amide bonds. The van der Waals surface area contributed by atoms with E-state index in [4.69, 9.17) is 4.74 Å². The number of hydrogen-bond donors (Lipinski definition) is 1. The zero-order valence-corrected chi connectivity index (χ0v) is 14.4. The molecule has 2 rings (SSSR count). The zero-order valence-electron chi connectivity index (χ0n) is 14.4. The maximum atomic E-state index is 12.3. The first-order chi connectivity index (χ1) is 10.8. The molecule has 0 radical (unpaired) electrons. The van der Waals surface area contributed by atoms with E-state index in [9.17, 15) is 9.59 Å². The Labute approximate surface area is 138 Å². The van der Waals surface area contributed by atoms with Crippen LogP contribution in [0.4, 0.5) is 4.79 Å². The summed E-state index contributed by atoms with van der Waals surface area (Å²) in [4.78, 5) is 26.1. The number of hydrogen-bond acceptors (Lipinski definition) is 3. The average molecular weight is 316 g/mol. The summed E-state index contributed by atoms with van der Waals surface area (Å²) in [6.07, 6.45) is 1.22. The Kier molecular flexibility index (Phi) is 5.34. The van der Waals surface area contributed by atoms with Crippen LogP contribution in [0.15, 0.2) is 24.3 Å². The van der Waals surface area contributed by atoms with E-state index in [1.165, 1.54) is 0 Å². The lowest BCUT2D eigenvalue weighted by Gasteiger charge is -2.33. The van der Waals surface area contributed by atoms with Gasteiger partial charge in [-0.05, 0) is 33.6 Å². The molecule has 1 aliphatic heterocycles. The molecule has 1 saturated heterocycles. The monoisotopic (exact) mass is 316 g/mol. The number of ether oxygens (including phenoxy) is 1. The Morgan fingerprint density at radius 2 is 1.83 bits per heavy atom. The number of nitrogens with one attached hydrogen (secondary N) is 1. The van der Waals surface area contributed by atoms with Crippen LogP contribution in [-0.2, 0) is 4.74 Å². The van der Waals surface area contributed by atoms with E-state index in [-0.39, 0.29) is 18.0 Å². The Bertz CT molecular complexity index is 575. The molecule has 0 unspecified atom stereocenters. The average Bonchev–Trinajstić information content (AvgIpc) is 2.46. The van der Waals surface area contributed by atoms with Crippen molar-refractivity contribution < 1.29 is 14.3 Å². The third-order valence-corrected chi connectivity index (χ3v) is 3.87. The first kappa shape index (κ1) is 17.4. The van der Waals surface area contributed by atoms with Crippen LogP contribution in [0, 0.1) is 0 Å². The first-order valence-electron chi connectivity index (χ1n) is 8.11. The minimum absolute atomic E-state index is 0.0428. The highest BCUT2D eigenvalue weighted by molar-refractivity contribution is 6.36. The van der Waals surface area contributed by atoms with Gasteiger partial charge in [-0.3, -0.25) is 4.79 Å². The number of carbonyl (C=O) groups is 2. The lowest BCUT2D eigenvalue weighted by atomic mass is 9.90. The SMILES string of the molecule is Bc1ccccc1C(=O)NC1CCN(C(=O)OC(C)(C)C)CC1. The molecule has 0 atom stereocenters. The summed E-state index contributed by atoms with van der Waals surface area (Å²) in [6.45, 7) is 6.79. The number of carbonyl (C=O) groups excluding carboxylic acids is 2. The fourth-order valence-electron chi connectivity index (χ4n) is 2.62. The second-order valence-electron chi connectivity index (χ2n) is 7.03. The number of amides is 2. The van der Waals surface area contributed by atoms with Gasteiger partial charge in [0.1, 0.15) is 13.4 Å². The zero-order chi connectivity index (χ0) is 17.0. The number of benzene rings is 1. The van der Waals surface area contributed by atoms with Crippen molar-refractivity contribution in [2.45, 2.75) is 45.3 Å². The van der Waals surface area contributed by atoms with Gasteiger partial charge in [0.15, 0.2) is 0 Å². The molecule has 5 nitrogen and oxygen atoms in total. The van der Waals surface area contributed by atoms with Crippen LogP contribution in [0.5, 0.6) is 0 Å². The maximum Gasteiger partial charge on any atom is 0.410 e. The van der Waals surface area contributed by atoms with Crippen LogP contribution >= 0.6 is 0 Å². The van der Waals surface area contributed by atoms with Crippen molar-refractivity contribution in [2.75, 3.05) is 13.1 Å². The second kappa shape index (κ2) is 7.07. The summed E-state index contributed by atoms with van der Waals surface area (Å²) in [5.74, 6) is -0.0428. The molecule has 0 bridgehead atoms. The molecule has 1 aliphatic rings. The quantitative estimate of drug-likeness (QED) is 0.831. The largest absolute Gasteiger partial charge is 0.444 e. The molecule has 0 spiro atoms. The first-order valence-corrected chi connectivity index (χ1v) is 8.11. The van der Waals surface area contributed by atoms with Gasteiger partial charge < -0.3 is 15.0 Å². The molecule has 1 aromatic rings. The molecule has 0 saturated carbocycles. The van der Waals surface area contributed by atoms with Gasteiger partial charge >= 0.3 is 6.09 Å². The topological polar surface area (TPSA) is 58.6 Å². The number of rotatable bonds is 2. The smallest absolute Gasteiger partial charge is 0.410 e. The van der Waals surface area contributed by atoms with E-state index >= 15 is 0 Å². The highest BCUT2D eigenvalue weighted by Crippen LogP contribution is 2.15. The lowest BCUT2D eigenvalue weighted by Crippen LogP contribution is -2.48. The summed E-state index contributed by atoms with van der Waals surface area (Å²) < 4.78 is 5.38. The van der Waals surface area contributed by atoms with Crippen molar-refractivity contribution in [3.63, 3.8) is 0 Å². The Balaban J connectivity index is 1.84. The maximum absolute atomic E-state index is 12.3. The van der Waals surface area contributed by atoms with E-state index in [0.29, 0.717) is 18.7 Å². The molecule has 124 valence electrons. The molecule has 0 aromatic heterocycles. The van der Waals surface area contributed by atoms with Gasteiger partial charge in [-0.15, -0.1) is 0 Å². The molecule has 1 aromatic carbocycles. The number of likely N-dealkylation sites (tertiary alicyclic amines) is 1.